The molecule has 0 saturated carbocycles. The first kappa shape index (κ1) is 21.0. The third kappa shape index (κ3) is 4.74. The van der Waals surface area contributed by atoms with Crippen LogP contribution in [0.5, 0.6) is 5.75 Å². The number of carbonyl (C=O) groups is 1. The first-order chi connectivity index (χ1) is 14.9. The zero-order valence-corrected chi connectivity index (χ0v) is 18.4. The number of fused-ring (bicyclic) bond motifs is 1. The van der Waals surface area contributed by atoms with Gasteiger partial charge in [0.15, 0.2) is 11.5 Å². The van der Waals surface area contributed by atoms with E-state index in [-0.39, 0.29) is 17.2 Å². The van der Waals surface area contributed by atoms with Gasteiger partial charge >= 0.3 is 0 Å². The predicted octanol–water partition coefficient (Wildman–Crippen LogP) is 5.79. The van der Waals surface area contributed by atoms with E-state index in [9.17, 15) is 4.79 Å². The number of ketones is 1. The van der Waals surface area contributed by atoms with E-state index in [4.69, 9.17) is 4.74 Å². The van der Waals surface area contributed by atoms with Crippen molar-refractivity contribution in [3.8, 4) is 5.75 Å². The summed E-state index contributed by atoms with van der Waals surface area (Å²) in [6.07, 6.45) is 0.915. The normalized spacial score (nSPS) is 15.4. The van der Waals surface area contributed by atoms with Gasteiger partial charge in [0.25, 0.3) is 0 Å². The zero-order chi connectivity index (χ0) is 21.8. The van der Waals surface area contributed by atoms with E-state index in [2.05, 4.69) is 55.7 Å². The number of carbonyl (C=O) groups excluding carboxylic acids is 1. The molecule has 160 valence electrons. The van der Waals surface area contributed by atoms with Gasteiger partial charge in [-0.25, -0.2) is 0 Å². The second-order valence-corrected chi connectivity index (χ2v) is 9.10. The lowest BCUT2D eigenvalue weighted by molar-refractivity contribution is 0.103. The molecule has 0 fully saturated rings. The van der Waals surface area contributed by atoms with Crippen LogP contribution in [0, 0.1) is 5.41 Å². The van der Waals surface area contributed by atoms with Crippen molar-refractivity contribution in [1.82, 2.24) is 0 Å². The first-order valence-corrected chi connectivity index (χ1v) is 10.9. The fourth-order valence-electron chi connectivity index (χ4n) is 3.78. The number of benzene rings is 3. The second-order valence-electron chi connectivity index (χ2n) is 9.10. The highest BCUT2D eigenvalue weighted by atomic mass is 16.5. The Morgan fingerprint density at radius 1 is 1.00 bits per heavy atom. The van der Waals surface area contributed by atoms with E-state index >= 15 is 0 Å². The van der Waals surface area contributed by atoms with Gasteiger partial charge in [-0.2, -0.15) is 0 Å². The van der Waals surface area contributed by atoms with Crippen molar-refractivity contribution >= 4 is 17.2 Å². The van der Waals surface area contributed by atoms with Gasteiger partial charge in [0.05, 0.1) is 17.4 Å². The number of hydrogen-bond acceptors (Lipinski definition) is 4. The maximum Gasteiger partial charge on any atom is 0.195 e. The molecule has 0 amide bonds. The molecule has 0 spiro atoms. The Kier molecular flexibility index (Phi) is 5.99. The van der Waals surface area contributed by atoms with Crippen LogP contribution < -0.4 is 15.4 Å². The van der Waals surface area contributed by atoms with Crippen LogP contribution in [0.2, 0.25) is 0 Å². The molecule has 0 radical (unpaired) electrons. The van der Waals surface area contributed by atoms with Crippen molar-refractivity contribution < 1.29 is 9.53 Å². The molecule has 4 nitrogen and oxygen atoms in total. The van der Waals surface area contributed by atoms with E-state index in [0.29, 0.717) is 17.7 Å². The van der Waals surface area contributed by atoms with Crippen molar-refractivity contribution in [1.29, 1.82) is 0 Å². The number of ether oxygens (including phenoxy) is 1. The van der Waals surface area contributed by atoms with Gasteiger partial charge in [-0.1, -0.05) is 81.4 Å². The minimum Gasteiger partial charge on any atom is -0.487 e. The summed E-state index contributed by atoms with van der Waals surface area (Å²) in [6, 6.07) is 23.8. The van der Waals surface area contributed by atoms with Crippen molar-refractivity contribution in [2.45, 2.75) is 33.2 Å². The van der Waals surface area contributed by atoms with Gasteiger partial charge in [0.1, 0.15) is 6.61 Å². The number of rotatable bonds is 6. The van der Waals surface area contributed by atoms with E-state index < -0.39 is 0 Å². The highest BCUT2D eigenvalue weighted by Crippen LogP contribution is 2.42. The molecular formula is C27H30N2O2. The molecule has 1 heterocycles. The van der Waals surface area contributed by atoms with Crippen molar-refractivity contribution in [2.75, 3.05) is 23.8 Å². The third-order valence-electron chi connectivity index (χ3n) is 5.77. The largest absolute Gasteiger partial charge is 0.487 e. The van der Waals surface area contributed by atoms with Gasteiger partial charge in [0, 0.05) is 17.7 Å². The molecule has 0 aliphatic carbocycles. The van der Waals surface area contributed by atoms with Gasteiger partial charge in [0.2, 0.25) is 0 Å². The fraction of sp³-hybridized carbons (Fsp3) is 0.296. The van der Waals surface area contributed by atoms with E-state index in [1.165, 1.54) is 5.56 Å². The third-order valence-corrected chi connectivity index (χ3v) is 5.77. The average molecular weight is 415 g/mol. The molecule has 0 unspecified atom stereocenters. The molecule has 31 heavy (non-hydrogen) atoms. The second kappa shape index (κ2) is 8.84. The van der Waals surface area contributed by atoms with Gasteiger partial charge in [-0.3, -0.25) is 4.79 Å². The lowest BCUT2D eigenvalue weighted by atomic mass is 9.86. The Morgan fingerprint density at radius 2 is 1.68 bits per heavy atom. The SMILES string of the molecule is CC(C)(C)[C@@H]1COc2c(NCCc3ccccc3)ccc(C(=O)c3ccccc3)c2N1. The molecule has 1 aliphatic rings. The van der Waals surface area contributed by atoms with E-state index in [0.717, 1.165) is 30.1 Å². The topological polar surface area (TPSA) is 50.4 Å². The van der Waals surface area contributed by atoms with E-state index in [1.807, 2.05) is 48.5 Å². The summed E-state index contributed by atoms with van der Waals surface area (Å²) >= 11 is 0. The van der Waals surface area contributed by atoms with Crippen LogP contribution in [0.3, 0.4) is 0 Å². The smallest absolute Gasteiger partial charge is 0.195 e. The van der Waals surface area contributed by atoms with Crippen LogP contribution in [0.4, 0.5) is 11.4 Å². The number of anilines is 2. The molecule has 0 bridgehead atoms. The van der Waals surface area contributed by atoms with Crippen LogP contribution in [0.1, 0.15) is 42.3 Å². The molecule has 2 N–H and O–H groups in total. The standard InChI is InChI=1S/C27H30N2O2/c1-27(2,3)23-18-31-26-22(28-17-16-19-10-6-4-7-11-19)15-14-21(24(26)29-23)25(30)20-12-8-5-9-13-20/h4-15,23,28-29H,16-18H2,1-3H3/t23-/m0/s1. The summed E-state index contributed by atoms with van der Waals surface area (Å²) in [6.45, 7) is 7.89. The monoisotopic (exact) mass is 414 g/mol. The Balaban J connectivity index is 1.63. The van der Waals surface area contributed by atoms with Crippen LogP contribution in [0.25, 0.3) is 0 Å². The summed E-state index contributed by atoms with van der Waals surface area (Å²) in [5.74, 6) is 0.730. The lowest BCUT2D eigenvalue weighted by Gasteiger charge is -2.37. The molecule has 0 saturated heterocycles. The highest BCUT2D eigenvalue weighted by molar-refractivity contribution is 6.13. The summed E-state index contributed by atoms with van der Waals surface area (Å²) in [7, 11) is 0. The van der Waals surface area contributed by atoms with E-state index in [1.54, 1.807) is 0 Å². The van der Waals surface area contributed by atoms with Crippen molar-refractivity contribution in [3.05, 3.63) is 89.5 Å². The predicted molar refractivity (Wildman–Crippen MR) is 127 cm³/mol. The van der Waals surface area contributed by atoms with Crippen LogP contribution >= 0.6 is 0 Å². The Bertz CT molecular complexity index is 1040. The zero-order valence-electron chi connectivity index (χ0n) is 18.4. The molecule has 3 aromatic rings. The van der Waals surface area contributed by atoms with Gasteiger partial charge in [-0.05, 0) is 29.5 Å². The highest BCUT2D eigenvalue weighted by Gasteiger charge is 2.33. The molecule has 0 aromatic heterocycles. The van der Waals surface area contributed by atoms with Crippen molar-refractivity contribution in [3.63, 3.8) is 0 Å². The Hall–Kier alpha value is -3.27. The molecule has 4 rings (SSSR count). The summed E-state index contributed by atoms with van der Waals surface area (Å²) in [5, 5.41) is 7.12. The maximum atomic E-state index is 13.3. The Labute approximate surface area is 184 Å². The average Bonchev–Trinajstić information content (AvgIpc) is 2.79. The van der Waals surface area contributed by atoms with Crippen molar-refractivity contribution in [2.24, 2.45) is 5.41 Å². The minimum absolute atomic E-state index is 0.00149. The maximum absolute atomic E-state index is 13.3. The molecule has 3 aromatic carbocycles. The van der Waals surface area contributed by atoms with Crippen LogP contribution in [0.15, 0.2) is 72.8 Å². The van der Waals surface area contributed by atoms with Crippen LogP contribution in [-0.4, -0.2) is 25.0 Å². The molecule has 1 aliphatic heterocycles. The number of hydrogen-bond donors (Lipinski definition) is 2. The van der Waals surface area contributed by atoms with Gasteiger partial charge < -0.3 is 15.4 Å². The summed E-state index contributed by atoms with van der Waals surface area (Å²) in [4.78, 5) is 13.3. The lowest BCUT2D eigenvalue weighted by Crippen LogP contribution is -2.42. The Morgan fingerprint density at radius 3 is 2.35 bits per heavy atom. The fourth-order valence-corrected chi connectivity index (χ4v) is 3.78. The molecule has 1 atom stereocenters. The van der Waals surface area contributed by atoms with Gasteiger partial charge in [-0.15, -0.1) is 0 Å². The first-order valence-electron chi connectivity index (χ1n) is 10.9. The molecular weight excluding hydrogens is 384 g/mol. The minimum atomic E-state index is -0.00153. The summed E-state index contributed by atoms with van der Waals surface area (Å²) in [5.41, 5.74) is 4.30. The summed E-state index contributed by atoms with van der Waals surface area (Å²) < 4.78 is 6.25. The number of nitrogens with one attached hydrogen (secondary N) is 2. The molecule has 4 heteroatoms. The van der Waals surface area contributed by atoms with Crippen LogP contribution in [-0.2, 0) is 6.42 Å². The quantitative estimate of drug-likeness (QED) is 0.501.